The number of esters is 1. The van der Waals surface area contributed by atoms with Crippen molar-refractivity contribution in [1.82, 2.24) is 30.2 Å². The van der Waals surface area contributed by atoms with Crippen molar-refractivity contribution in [2.24, 2.45) is 11.3 Å². The zero-order valence-electron chi connectivity index (χ0n) is 35.8. The predicted octanol–water partition coefficient (Wildman–Crippen LogP) is 5.73. The van der Waals surface area contributed by atoms with Crippen molar-refractivity contribution < 1.29 is 33.8 Å². The molecular weight excluding hydrogens is 821 g/mol. The summed E-state index contributed by atoms with van der Waals surface area (Å²) in [6.07, 6.45) is 3.37. The first-order valence-electron chi connectivity index (χ1n) is 19.8. The summed E-state index contributed by atoms with van der Waals surface area (Å²) in [5.41, 5.74) is 9.69. The van der Waals surface area contributed by atoms with Crippen LogP contribution in [0, 0.1) is 11.3 Å². The number of methoxy groups -OCH3 is 1. The van der Waals surface area contributed by atoms with E-state index in [1.807, 2.05) is 32.0 Å². The fraction of sp³-hybridized carbons (Fsp3) is 0.477. The molecule has 328 valence electrons. The number of likely N-dealkylation sites (N-methyl/N-ethyl adjacent to an activating group) is 1. The van der Waals surface area contributed by atoms with Gasteiger partial charge in [0.25, 0.3) is 5.91 Å². The number of hydrogen-bond acceptors (Lipinski definition) is 9. The quantitative estimate of drug-likeness (QED) is 0.188. The summed E-state index contributed by atoms with van der Waals surface area (Å²) in [6, 6.07) is 12.8. The smallest absolute Gasteiger partial charge is 0.324 e. The number of fused-ring (bicyclic) bond motifs is 6. The zero-order chi connectivity index (χ0) is 41.2. The molecule has 4 heterocycles. The Bertz CT molecular complexity index is 2180. The number of benzene rings is 2. The van der Waals surface area contributed by atoms with Crippen LogP contribution < -0.4 is 10.7 Å². The topological polar surface area (TPSA) is 155 Å². The number of hydrazine groups is 1. The van der Waals surface area contributed by atoms with Gasteiger partial charge in [-0.1, -0.05) is 39.8 Å². The number of aromatic hydroxyl groups is 1. The number of nitrogens with one attached hydrogen (secondary N) is 2. The largest absolute Gasteiger partial charge is 0.508 e. The van der Waals surface area contributed by atoms with Crippen molar-refractivity contribution in [2.75, 3.05) is 27.3 Å². The van der Waals surface area contributed by atoms with Crippen LogP contribution in [-0.2, 0) is 54.6 Å². The first kappa shape index (κ1) is 50.1. The first-order chi connectivity index (χ1) is 27.1. The molecule has 1 saturated heterocycles. The third-order valence-electron chi connectivity index (χ3n) is 11.1. The standard InChI is InChI=1S/C44H56N6O7.3H2S/c1-9-49-38-15-14-29-22-33(38)34(40(49)32-12-10-16-45-37(32)24-56-8)23-44(5,6)25-57-43(55)35-13-11-17-50(47-35)42(54)36(20-28-18-30(29)21-31(52)19-28)46-41(53)39(26(2)3)48(7)27(4)51;;;/h10,12,14-16,18-19,21-22,26,35-36,39,47,52H,9,11,13,17,20,23-25H2,1-8H3,(H,46,53);3*1H2/t35-,36-,39-;;;/m0.../s1. The number of nitrogens with zero attached hydrogens (tertiary/aromatic N) is 4. The summed E-state index contributed by atoms with van der Waals surface area (Å²) in [6.45, 7) is 12.8. The minimum absolute atomic E-state index is 0. The summed E-state index contributed by atoms with van der Waals surface area (Å²) < 4.78 is 13.9. The number of phenolic OH excluding ortho intramolecular Hbond substituents is 1. The Balaban J connectivity index is 0.00000320. The normalized spacial score (nSPS) is 18.2. The molecule has 4 aromatic rings. The molecule has 2 aromatic heterocycles. The number of carbonyl (C=O) groups excluding carboxylic acids is 4. The molecule has 1 fully saturated rings. The maximum Gasteiger partial charge on any atom is 0.324 e. The molecule has 6 bridgehead atoms. The number of rotatable bonds is 8. The van der Waals surface area contributed by atoms with Crippen LogP contribution in [0.15, 0.2) is 54.7 Å². The van der Waals surface area contributed by atoms with Crippen molar-refractivity contribution in [3.05, 3.63) is 71.5 Å². The highest BCUT2D eigenvalue weighted by molar-refractivity contribution is 7.59. The van der Waals surface area contributed by atoms with E-state index in [1.54, 1.807) is 32.5 Å². The van der Waals surface area contributed by atoms with Gasteiger partial charge in [-0.25, -0.2) is 5.43 Å². The van der Waals surface area contributed by atoms with Crippen molar-refractivity contribution in [2.45, 2.75) is 98.5 Å². The summed E-state index contributed by atoms with van der Waals surface area (Å²) in [7, 11) is 3.22. The molecule has 0 saturated carbocycles. The first-order valence-corrected chi connectivity index (χ1v) is 19.8. The zero-order valence-corrected chi connectivity index (χ0v) is 38.8. The molecule has 0 unspecified atom stereocenters. The molecule has 3 N–H and O–H groups in total. The molecule has 3 amide bonds. The number of aryl methyl sites for hydroxylation is 1. The lowest BCUT2D eigenvalue weighted by Gasteiger charge is -2.36. The van der Waals surface area contributed by atoms with Crippen LogP contribution in [0.2, 0.25) is 0 Å². The molecule has 13 nitrogen and oxygen atoms in total. The molecule has 16 heteroatoms. The molecule has 0 spiro atoms. The molecule has 6 rings (SSSR count). The number of carbonyl (C=O) groups is 4. The van der Waals surface area contributed by atoms with E-state index in [0.29, 0.717) is 44.5 Å². The number of aromatic nitrogens is 2. The fourth-order valence-electron chi connectivity index (χ4n) is 8.30. The average molecular weight is 883 g/mol. The highest BCUT2D eigenvalue weighted by Crippen LogP contribution is 2.41. The maximum absolute atomic E-state index is 14.4. The van der Waals surface area contributed by atoms with Crippen LogP contribution in [-0.4, -0.2) is 93.7 Å². The molecule has 2 aliphatic rings. The van der Waals surface area contributed by atoms with Crippen LogP contribution in [0.1, 0.15) is 71.2 Å². The van der Waals surface area contributed by atoms with Crippen LogP contribution in [0.5, 0.6) is 5.75 Å². The lowest BCUT2D eigenvalue weighted by Crippen LogP contribution is -2.62. The highest BCUT2D eigenvalue weighted by Gasteiger charge is 2.37. The number of ether oxygens (including phenoxy) is 2. The lowest BCUT2D eigenvalue weighted by molar-refractivity contribution is -0.155. The minimum atomic E-state index is -1.09. The molecular formula is C44H62N6O7S3. The van der Waals surface area contributed by atoms with E-state index in [2.05, 4.69) is 54.3 Å². The van der Waals surface area contributed by atoms with Crippen molar-refractivity contribution in [3.8, 4) is 28.1 Å². The van der Waals surface area contributed by atoms with Gasteiger partial charge in [-0.05, 0) is 90.8 Å². The van der Waals surface area contributed by atoms with Crippen LogP contribution >= 0.6 is 40.5 Å². The van der Waals surface area contributed by atoms with Crippen molar-refractivity contribution in [1.29, 1.82) is 0 Å². The minimum Gasteiger partial charge on any atom is -0.508 e. The lowest BCUT2D eigenvalue weighted by atomic mass is 9.84. The fourth-order valence-corrected chi connectivity index (χ4v) is 8.30. The highest BCUT2D eigenvalue weighted by atomic mass is 32.1. The van der Waals surface area contributed by atoms with E-state index in [4.69, 9.17) is 14.5 Å². The molecule has 2 aliphatic heterocycles. The summed E-state index contributed by atoms with van der Waals surface area (Å²) in [5, 5.41) is 16.5. The summed E-state index contributed by atoms with van der Waals surface area (Å²) in [5.74, 6) is -1.89. The van der Waals surface area contributed by atoms with Crippen LogP contribution in [0.3, 0.4) is 0 Å². The van der Waals surface area contributed by atoms with Crippen molar-refractivity contribution in [3.63, 3.8) is 0 Å². The Kier molecular flexibility index (Phi) is 17.6. The number of pyridine rings is 1. The average Bonchev–Trinajstić information content (AvgIpc) is 3.47. The number of hydrogen-bond donors (Lipinski definition) is 3. The van der Waals surface area contributed by atoms with E-state index in [-0.39, 0.29) is 71.1 Å². The van der Waals surface area contributed by atoms with Gasteiger partial charge in [0.05, 0.1) is 24.6 Å². The van der Waals surface area contributed by atoms with Gasteiger partial charge in [0, 0.05) is 68.7 Å². The van der Waals surface area contributed by atoms with Gasteiger partial charge in [-0.15, -0.1) is 0 Å². The van der Waals surface area contributed by atoms with E-state index >= 15 is 0 Å². The Labute approximate surface area is 374 Å². The Morgan fingerprint density at radius 1 is 1.10 bits per heavy atom. The van der Waals surface area contributed by atoms with Gasteiger partial charge in [0.1, 0.15) is 23.9 Å². The second-order valence-corrected chi connectivity index (χ2v) is 16.5. The third kappa shape index (κ3) is 10.8. The van der Waals surface area contributed by atoms with Gasteiger partial charge in [0.15, 0.2) is 0 Å². The monoisotopic (exact) mass is 882 g/mol. The predicted molar refractivity (Wildman–Crippen MR) is 249 cm³/mol. The Morgan fingerprint density at radius 2 is 1.83 bits per heavy atom. The number of amides is 3. The van der Waals surface area contributed by atoms with E-state index in [9.17, 15) is 24.3 Å². The molecule has 0 radical (unpaired) electrons. The second kappa shape index (κ2) is 21.0. The van der Waals surface area contributed by atoms with Crippen LogP contribution in [0.25, 0.3) is 33.3 Å². The maximum atomic E-state index is 14.4. The molecule has 2 aromatic carbocycles. The number of phenols is 1. The summed E-state index contributed by atoms with van der Waals surface area (Å²) in [4.78, 5) is 60.5. The summed E-state index contributed by atoms with van der Waals surface area (Å²) >= 11 is 0. The second-order valence-electron chi connectivity index (χ2n) is 16.5. The van der Waals surface area contributed by atoms with Crippen LogP contribution in [0.4, 0.5) is 0 Å². The molecule has 3 atom stereocenters. The van der Waals surface area contributed by atoms with Gasteiger partial charge < -0.3 is 29.4 Å². The van der Waals surface area contributed by atoms with E-state index < -0.39 is 41.3 Å². The van der Waals surface area contributed by atoms with Gasteiger partial charge >= 0.3 is 5.97 Å². The van der Waals surface area contributed by atoms with E-state index in [1.165, 1.54) is 16.8 Å². The molecule has 0 aliphatic carbocycles. The van der Waals surface area contributed by atoms with E-state index in [0.717, 1.165) is 44.5 Å². The Hall–Kier alpha value is -4.22. The van der Waals surface area contributed by atoms with Crippen molar-refractivity contribution >= 4 is 75.1 Å². The molecule has 60 heavy (non-hydrogen) atoms. The van der Waals surface area contributed by atoms with Gasteiger partial charge in [-0.2, -0.15) is 40.5 Å². The Morgan fingerprint density at radius 3 is 2.50 bits per heavy atom. The third-order valence-corrected chi connectivity index (χ3v) is 11.1. The number of cyclic esters (lactones) is 1. The van der Waals surface area contributed by atoms with Gasteiger partial charge in [-0.3, -0.25) is 29.2 Å². The van der Waals surface area contributed by atoms with Gasteiger partial charge in [0.2, 0.25) is 11.8 Å². The SMILES string of the molecule is CCn1c(-c2cccnc2COC)c2c3cc(ccc31)-c1cc(O)cc(c1)C[C@H](NC(=O)[C@H](C(C)C)N(C)C(C)=O)C(=O)N1CCC[C@H](N1)C(=O)OCC(C)(C)C2.S.S.S.